The summed E-state index contributed by atoms with van der Waals surface area (Å²) < 4.78 is 13.1. The van der Waals surface area contributed by atoms with Crippen molar-refractivity contribution in [3.05, 3.63) is 35.6 Å². The summed E-state index contributed by atoms with van der Waals surface area (Å²) in [5.74, 6) is -0.566. The van der Waals surface area contributed by atoms with E-state index in [4.69, 9.17) is 0 Å². The quantitative estimate of drug-likeness (QED) is 0.835. The fourth-order valence-corrected chi connectivity index (χ4v) is 1.77. The number of carbonyl (C=O) groups is 1. The minimum absolute atomic E-state index is 0.163. The molecule has 1 rings (SSSR count). The Hall–Kier alpha value is -1.46. The molecule has 20 heavy (non-hydrogen) atoms. The molecule has 2 atom stereocenters. The van der Waals surface area contributed by atoms with E-state index in [1.807, 2.05) is 25.8 Å². The summed E-state index contributed by atoms with van der Waals surface area (Å²) in [6.07, 6.45) is -0.931. The number of hydrogen-bond donors (Lipinski definition) is 2. The first-order valence-corrected chi connectivity index (χ1v) is 6.74. The van der Waals surface area contributed by atoms with Crippen LogP contribution in [0.3, 0.4) is 0 Å². The number of nitrogens with one attached hydrogen (secondary N) is 1. The highest BCUT2D eigenvalue weighted by molar-refractivity contribution is 5.78. The van der Waals surface area contributed by atoms with Gasteiger partial charge in [0.2, 0.25) is 5.91 Å². The van der Waals surface area contributed by atoms with Crippen molar-refractivity contribution in [3.8, 4) is 0 Å². The van der Waals surface area contributed by atoms with E-state index in [9.17, 15) is 14.3 Å². The van der Waals surface area contributed by atoms with Gasteiger partial charge in [-0.3, -0.25) is 9.69 Å². The number of benzene rings is 1. The van der Waals surface area contributed by atoms with Crippen molar-refractivity contribution < 1.29 is 14.3 Å². The second-order valence-corrected chi connectivity index (χ2v) is 5.36. The summed E-state index contributed by atoms with van der Waals surface area (Å²) in [6.45, 7) is 5.96. The Kier molecular flexibility index (Phi) is 6.10. The minimum atomic E-state index is -0.931. The molecule has 4 nitrogen and oxygen atoms in total. The second-order valence-electron chi connectivity index (χ2n) is 5.36. The number of aliphatic hydroxyl groups excluding tert-OH is 1. The molecule has 0 saturated heterocycles. The van der Waals surface area contributed by atoms with Crippen LogP contribution in [0.15, 0.2) is 24.3 Å². The van der Waals surface area contributed by atoms with Crippen molar-refractivity contribution in [1.82, 2.24) is 10.2 Å². The molecule has 2 N–H and O–H groups in total. The van der Waals surface area contributed by atoms with Crippen molar-refractivity contribution in [3.63, 3.8) is 0 Å². The van der Waals surface area contributed by atoms with E-state index in [1.165, 1.54) is 18.2 Å². The predicted molar refractivity (Wildman–Crippen MR) is 76.7 cm³/mol. The molecule has 1 amide bonds. The highest BCUT2D eigenvalue weighted by atomic mass is 19.1. The smallest absolute Gasteiger partial charge is 0.234 e. The molecule has 1 aromatic carbocycles. The third kappa shape index (κ3) is 4.90. The predicted octanol–water partition coefficient (Wildman–Crippen LogP) is 1.70. The van der Waals surface area contributed by atoms with Crippen LogP contribution in [0, 0.1) is 5.82 Å². The van der Waals surface area contributed by atoms with Crippen LogP contribution >= 0.6 is 0 Å². The lowest BCUT2D eigenvalue weighted by Gasteiger charge is -2.24. The van der Waals surface area contributed by atoms with Gasteiger partial charge in [-0.15, -0.1) is 0 Å². The molecule has 1 aromatic rings. The molecular weight excluding hydrogens is 259 g/mol. The van der Waals surface area contributed by atoms with E-state index in [1.54, 1.807) is 13.0 Å². The summed E-state index contributed by atoms with van der Waals surface area (Å²) in [6, 6.07) is 5.55. The van der Waals surface area contributed by atoms with E-state index < -0.39 is 18.0 Å². The van der Waals surface area contributed by atoms with Gasteiger partial charge in [-0.25, -0.2) is 4.39 Å². The zero-order chi connectivity index (χ0) is 15.3. The number of rotatable bonds is 6. The van der Waals surface area contributed by atoms with Gasteiger partial charge in [0.25, 0.3) is 0 Å². The average molecular weight is 282 g/mol. The van der Waals surface area contributed by atoms with Gasteiger partial charge >= 0.3 is 0 Å². The van der Waals surface area contributed by atoms with Crippen LogP contribution in [0.4, 0.5) is 4.39 Å². The Morgan fingerprint density at radius 3 is 2.60 bits per heavy atom. The van der Waals surface area contributed by atoms with Gasteiger partial charge in [0.15, 0.2) is 0 Å². The molecule has 112 valence electrons. The van der Waals surface area contributed by atoms with E-state index in [-0.39, 0.29) is 18.5 Å². The molecular formula is C15H23FN2O2. The van der Waals surface area contributed by atoms with Gasteiger partial charge < -0.3 is 10.4 Å². The first-order valence-electron chi connectivity index (χ1n) is 6.74. The molecule has 0 spiro atoms. The highest BCUT2D eigenvalue weighted by Gasteiger charge is 2.19. The summed E-state index contributed by atoms with van der Waals surface area (Å²) in [5.41, 5.74) is 0.454. The van der Waals surface area contributed by atoms with E-state index in [0.717, 1.165) is 0 Å². The van der Waals surface area contributed by atoms with Crippen molar-refractivity contribution in [2.45, 2.75) is 39.0 Å². The van der Waals surface area contributed by atoms with Crippen LogP contribution in [0.2, 0.25) is 0 Å². The van der Waals surface area contributed by atoms with Gasteiger partial charge in [0, 0.05) is 6.04 Å². The number of hydrogen-bond acceptors (Lipinski definition) is 3. The first kappa shape index (κ1) is 16.6. The SMILES string of the molecule is CC(C)N(C)CC(=O)N[C@H](C)[C@@H](O)c1cccc(F)c1. The summed E-state index contributed by atoms with van der Waals surface area (Å²) in [5, 5.41) is 12.8. The van der Waals surface area contributed by atoms with Gasteiger partial charge in [-0.2, -0.15) is 0 Å². The number of halogens is 1. The van der Waals surface area contributed by atoms with Crippen LogP contribution in [-0.2, 0) is 4.79 Å². The molecule has 0 bridgehead atoms. The Labute approximate surface area is 119 Å². The largest absolute Gasteiger partial charge is 0.386 e. The van der Waals surface area contributed by atoms with Crippen molar-refractivity contribution >= 4 is 5.91 Å². The molecule has 0 aliphatic heterocycles. The van der Waals surface area contributed by atoms with Gasteiger partial charge in [-0.1, -0.05) is 12.1 Å². The van der Waals surface area contributed by atoms with Crippen LogP contribution in [0.1, 0.15) is 32.4 Å². The monoisotopic (exact) mass is 282 g/mol. The second kappa shape index (κ2) is 7.36. The van der Waals surface area contributed by atoms with E-state index in [2.05, 4.69) is 5.32 Å². The minimum Gasteiger partial charge on any atom is -0.386 e. The standard InChI is InChI=1S/C15H23FN2O2/c1-10(2)18(4)9-14(19)17-11(3)15(20)12-6-5-7-13(16)8-12/h5-8,10-11,15,20H,9H2,1-4H3,(H,17,19)/t11-,15-/m1/s1. The molecule has 0 radical (unpaired) electrons. The van der Waals surface area contributed by atoms with E-state index >= 15 is 0 Å². The molecule has 0 aliphatic carbocycles. The number of nitrogens with zero attached hydrogens (tertiary/aromatic N) is 1. The lowest BCUT2D eigenvalue weighted by atomic mass is 10.0. The number of aliphatic hydroxyl groups is 1. The maximum Gasteiger partial charge on any atom is 0.234 e. The maximum atomic E-state index is 13.1. The van der Waals surface area contributed by atoms with Crippen LogP contribution in [0.5, 0.6) is 0 Å². The molecule has 5 heteroatoms. The zero-order valence-corrected chi connectivity index (χ0v) is 12.4. The van der Waals surface area contributed by atoms with Crippen LogP contribution in [-0.4, -0.2) is 41.6 Å². The lowest BCUT2D eigenvalue weighted by molar-refractivity contribution is -0.123. The fourth-order valence-electron chi connectivity index (χ4n) is 1.77. The van der Waals surface area contributed by atoms with Gasteiger partial charge in [0.05, 0.1) is 18.7 Å². The number of carbonyl (C=O) groups excluding carboxylic acids is 1. The topological polar surface area (TPSA) is 52.6 Å². The molecule has 0 aromatic heterocycles. The molecule has 0 unspecified atom stereocenters. The Balaban J connectivity index is 2.57. The van der Waals surface area contributed by atoms with Gasteiger partial charge in [0.1, 0.15) is 5.82 Å². The van der Waals surface area contributed by atoms with Gasteiger partial charge in [-0.05, 0) is 45.5 Å². The normalized spacial score (nSPS) is 14.4. The number of amides is 1. The van der Waals surface area contributed by atoms with Crippen LogP contribution < -0.4 is 5.32 Å². The summed E-state index contributed by atoms with van der Waals surface area (Å²) in [4.78, 5) is 13.7. The molecule has 0 saturated carbocycles. The third-order valence-electron chi connectivity index (χ3n) is 3.33. The lowest BCUT2D eigenvalue weighted by Crippen LogP contribution is -2.43. The fraction of sp³-hybridized carbons (Fsp3) is 0.533. The van der Waals surface area contributed by atoms with E-state index in [0.29, 0.717) is 5.56 Å². The van der Waals surface area contributed by atoms with Crippen molar-refractivity contribution in [2.75, 3.05) is 13.6 Å². The zero-order valence-electron chi connectivity index (χ0n) is 12.4. The Bertz CT molecular complexity index is 451. The van der Waals surface area contributed by atoms with Crippen molar-refractivity contribution in [2.24, 2.45) is 0 Å². The molecule has 0 aliphatic rings. The first-order chi connectivity index (χ1) is 9.31. The highest BCUT2D eigenvalue weighted by Crippen LogP contribution is 2.17. The molecule has 0 fully saturated rings. The molecule has 0 heterocycles. The maximum absolute atomic E-state index is 13.1. The Morgan fingerprint density at radius 1 is 1.40 bits per heavy atom. The number of likely N-dealkylation sites (N-methyl/N-ethyl adjacent to an activating group) is 1. The Morgan fingerprint density at radius 2 is 2.05 bits per heavy atom. The summed E-state index contributed by atoms with van der Waals surface area (Å²) >= 11 is 0. The van der Waals surface area contributed by atoms with Crippen LogP contribution in [0.25, 0.3) is 0 Å². The average Bonchev–Trinajstić information content (AvgIpc) is 2.37. The third-order valence-corrected chi connectivity index (χ3v) is 3.33. The summed E-state index contributed by atoms with van der Waals surface area (Å²) in [7, 11) is 1.86. The van der Waals surface area contributed by atoms with Crippen molar-refractivity contribution in [1.29, 1.82) is 0 Å².